The zero-order valence-corrected chi connectivity index (χ0v) is 11.5. The Morgan fingerprint density at radius 3 is 2.61 bits per heavy atom. The lowest BCUT2D eigenvalue weighted by Gasteiger charge is -2.25. The minimum absolute atomic E-state index is 0.209. The molecule has 0 aromatic carbocycles. The molecule has 100 valence electrons. The van der Waals surface area contributed by atoms with Gasteiger partial charge in [-0.3, -0.25) is 0 Å². The summed E-state index contributed by atoms with van der Waals surface area (Å²) < 4.78 is 27.6. The van der Waals surface area contributed by atoms with Crippen LogP contribution in [0.2, 0.25) is 0 Å². The zero-order chi connectivity index (χ0) is 13.2. The van der Waals surface area contributed by atoms with Crippen LogP contribution < -0.4 is 10.0 Å². The minimum Gasteiger partial charge on any atom is -0.372 e. The van der Waals surface area contributed by atoms with Crippen molar-refractivity contribution in [3.8, 4) is 0 Å². The fourth-order valence-corrected chi connectivity index (χ4v) is 4.06. The number of hydrogen-bond acceptors (Lipinski definition) is 4. The summed E-state index contributed by atoms with van der Waals surface area (Å²) in [7, 11) is -1.85. The molecule has 1 saturated carbocycles. The van der Waals surface area contributed by atoms with Crippen LogP contribution in [0, 0.1) is 0 Å². The van der Waals surface area contributed by atoms with Crippen molar-refractivity contribution in [3.05, 3.63) is 18.3 Å². The van der Waals surface area contributed by atoms with Crippen molar-refractivity contribution >= 4 is 15.8 Å². The number of aromatic nitrogens is 1. The molecule has 1 aliphatic carbocycles. The van der Waals surface area contributed by atoms with Crippen LogP contribution in [0.4, 0.5) is 5.82 Å². The van der Waals surface area contributed by atoms with Crippen molar-refractivity contribution in [2.24, 2.45) is 0 Å². The molecule has 0 atom stereocenters. The summed E-state index contributed by atoms with van der Waals surface area (Å²) in [6, 6.07) is 3.20. The first-order valence-corrected chi connectivity index (χ1v) is 7.62. The fraction of sp³-hybridized carbons (Fsp3) is 0.583. The molecule has 1 fully saturated rings. The van der Waals surface area contributed by atoms with Crippen LogP contribution in [0.1, 0.15) is 32.6 Å². The molecule has 1 heterocycles. The van der Waals surface area contributed by atoms with Gasteiger partial charge in [0.25, 0.3) is 0 Å². The van der Waals surface area contributed by atoms with Crippen LogP contribution in [0.5, 0.6) is 0 Å². The van der Waals surface area contributed by atoms with E-state index < -0.39 is 10.0 Å². The lowest BCUT2D eigenvalue weighted by molar-refractivity contribution is 0.427. The van der Waals surface area contributed by atoms with Gasteiger partial charge in [0.05, 0.1) is 0 Å². The second kappa shape index (κ2) is 4.85. The SMILES string of the molecule is CNc1ncccc1S(=O)(=O)NC1(C)CCCC1. The van der Waals surface area contributed by atoms with Gasteiger partial charge >= 0.3 is 0 Å². The Kier molecular flexibility index (Phi) is 3.59. The average molecular weight is 269 g/mol. The molecular weight excluding hydrogens is 250 g/mol. The Morgan fingerprint density at radius 2 is 2.00 bits per heavy atom. The molecule has 18 heavy (non-hydrogen) atoms. The van der Waals surface area contributed by atoms with Crippen LogP contribution in [-0.2, 0) is 10.0 Å². The number of rotatable bonds is 4. The van der Waals surface area contributed by atoms with Crippen molar-refractivity contribution in [1.82, 2.24) is 9.71 Å². The maximum absolute atomic E-state index is 12.4. The Balaban J connectivity index is 2.30. The third kappa shape index (κ3) is 2.64. The van der Waals surface area contributed by atoms with Crippen molar-refractivity contribution < 1.29 is 8.42 Å². The lowest BCUT2D eigenvalue weighted by atomic mass is 10.0. The third-order valence-corrected chi connectivity index (χ3v) is 5.05. The smallest absolute Gasteiger partial charge is 0.244 e. The standard InChI is InChI=1S/C12H19N3O2S/c1-12(7-3-4-8-12)15-18(16,17)10-6-5-9-14-11(10)13-2/h5-6,9,15H,3-4,7-8H2,1-2H3,(H,13,14). The second-order valence-corrected chi connectivity index (χ2v) is 6.62. The normalized spacial score (nSPS) is 18.8. The molecule has 0 saturated heterocycles. The molecule has 2 rings (SSSR count). The van der Waals surface area contributed by atoms with Crippen molar-refractivity contribution in [2.75, 3.05) is 12.4 Å². The number of hydrogen-bond donors (Lipinski definition) is 2. The van der Waals surface area contributed by atoms with Gasteiger partial charge in [-0.25, -0.2) is 18.1 Å². The Morgan fingerprint density at radius 1 is 1.33 bits per heavy atom. The highest BCUT2D eigenvalue weighted by molar-refractivity contribution is 7.89. The van der Waals surface area contributed by atoms with Gasteiger partial charge < -0.3 is 5.32 Å². The monoisotopic (exact) mass is 269 g/mol. The quantitative estimate of drug-likeness (QED) is 0.873. The van der Waals surface area contributed by atoms with E-state index in [1.165, 1.54) is 0 Å². The number of nitrogens with zero attached hydrogens (tertiary/aromatic N) is 1. The molecule has 0 radical (unpaired) electrons. The van der Waals surface area contributed by atoms with Gasteiger partial charge in [0.1, 0.15) is 10.7 Å². The van der Waals surface area contributed by atoms with E-state index in [0.29, 0.717) is 5.82 Å². The van der Waals surface area contributed by atoms with Gasteiger partial charge in [-0.2, -0.15) is 0 Å². The number of pyridine rings is 1. The van der Waals surface area contributed by atoms with Gasteiger partial charge in [-0.1, -0.05) is 12.8 Å². The molecule has 0 amide bonds. The third-order valence-electron chi connectivity index (χ3n) is 3.38. The van der Waals surface area contributed by atoms with E-state index in [1.54, 1.807) is 25.4 Å². The van der Waals surface area contributed by atoms with E-state index in [0.717, 1.165) is 25.7 Å². The first-order chi connectivity index (χ1) is 8.47. The summed E-state index contributed by atoms with van der Waals surface area (Å²) in [4.78, 5) is 4.24. The highest BCUT2D eigenvalue weighted by atomic mass is 32.2. The van der Waals surface area contributed by atoms with Gasteiger partial charge in [-0.05, 0) is 31.9 Å². The highest BCUT2D eigenvalue weighted by Crippen LogP contribution is 2.31. The van der Waals surface area contributed by atoms with Crippen LogP contribution >= 0.6 is 0 Å². The molecule has 1 aromatic heterocycles. The van der Waals surface area contributed by atoms with E-state index in [1.807, 2.05) is 6.92 Å². The van der Waals surface area contributed by atoms with Crippen molar-refractivity contribution in [2.45, 2.75) is 43.0 Å². The van der Waals surface area contributed by atoms with Crippen molar-refractivity contribution in [1.29, 1.82) is 0 Å². The van der Waals surface area contributed by atoms with Gasteiger partial charge in [0.15, 0.2) is 0 Å². The predicted octanol–water partition coefficient (Wildman–Crippen LogP) is 1.73. The summed E-state index contributed by atoms with van der Waals surface area (Å²) >= 11 is 0. The van der Waals surface area contributed by atoms with Crippen LogP contribution in [0.25, 0.3) is 0 Å². The molecule has 0 unspecified atom stereocenters. The molecule has 2 N–H and O–H groups in total. The van der Waals surface area contributed by atoms with Gasteiger partial charge in [0, 0.05) is 18.8 Å². The second-order valence-electron chi connectivity index (χ2n) is 4.97. The van der Waals surface area contributed by atoms with E-state index in [-0.39, 0.29) is 10.4 Å². The van der Waals surface area contributed by atoms with E-state index in [2.05, 4.69) is 15.0 Å². The Hall–Kier alpha value is -1.14. The molecule has 1 aromatic rings. The first-order valence-electron chi connectivity index (χ1n) is 6.14. The largest absolute Gasteiger partial charge is 0.372 e. The maximum Gasteiger partial charge on any atom is 0.244 e. The summed E-state index contributed by atoms with van der Waals surface area (Å²) in [5.41, 5.74) is -0.320. The molecule has 0 aliphatic heterocycles. The number of nitrogens with one attached hydrogen (secondary N) is 2. The van der Waals surface area contributed by atoms with Crippen LogP contribution in [0.15, 0.2) is 23.2 Å². The van der Waals surface area contributed by atoms with E-state index in [9.17, 15) is 8.42 Å². The van der Waals surface area contributed by atoms with Gasteiger partial charge in [0.2, 0.25) is 10.0 Å². The summed E-state index contributed by atoms with van der Waals surface area (Å²) in [6.45, 7) is 1.97. The van der Waals surface area contributed by atoms with Crippen molar-refractivity contribution in [3.63, 3.8) is 0 Å². The predicted molar refractivity (Wildman–Crippen MR) is 71.0 cm³/mol. The molecular formula is C12H19N3O2S. The topological polar surface area (TPSA) is 71.1 Å². The summed E-state index contributed by atoms with van der Waals surface area (Å²) in [5.74, 6) is 0.381. The minimum atomic E-state index is -3.52. The first kappa shape index (κ1) is 13.3. The molecule has 0 spiro atoms. The molecule has 5 nitrogen and oxygen atoms in total. The van der Waals surface area contributed by atoms with Gasteiger partial charge in [-0.15, -0.1) is 0 Å². The van der Waals surface area contributed by atoms with E-state index in [4.69, 9.17) is 0 Å². The molecule has 0 bridgehead atoms. The van der Waals surface area contributed by atoms with Crippen LogP contribution in [0.3, 0.4) is 0 Å². The Bertz CT molecular complexity index is 522. The summed E-state index contributed by atoms with van der Waals surface area (Å²) in [5, 5.41) is 2.81. The average Bonchev–Trinajstić information content (AvgIpc) is 2.74. The molecule has 6 heteroatoms. The highest BCUT2D eigenvalue weighted by Gasteiger charge is 2.34. The Labute approximate surface area is 108 Å². The summed E-state index contributed by atoms with van der Waals surface area (Å²) in [6.07, 6.45) is 5.50. The fourth-order valence-electron chi connectivity index (χ4n) is 2.43. The zero-order valence-electron chi connectivity index (χ0n) is 10.7. The number of sulfonamides is 1. The van der Waals surface area contributed by atoms with Crippen LogP contribution in [-0.4, -0.2) is 26.0 Å². The number of anilines is 1. The lowest BCUT2D eigenvalue weighted by Crippen LogP contribution is -2.43. The van der Waals surface area contributed by atoms with E-state index >= 15 is 0 Å². The maximum atomic E-state index is 12.4. The molecule has 1 aliphatic rings.